The van der Waals surface area contributed by atoms with Crippen molar-refractivity contribution in [1.29, 1.82) is 0 Å². The number of carbonyl (C=O) groups is 2. The van der Waals surface area contributed by atoms with E-state index in [1.807, 2.05) is 0 Å². The van der Waals surface area contributed by atoms with Crippen molar-refractivity contribution in [2.45, 2.75) is 12.6 Å². The van der Waals surface area contributed by atoms with Crippen LogP contribution in [0.15, 0.2) is 24.3 Å². The lowest BCUT2D eigenvalue weighted by molar-refractivity contribution is -0.142. The maximum Gasteiger partial charge on any atom is 0.314 e. The second-order valence-electron chi connectivity index (χ2n) is 3.17. The van der Waals surface area contributed by atoms with Crippen molar-refractivity contribution in [2.75, 3.05) is 0 Å². The minimum absolute atomic E-state index is 0.362. The third-order valence-electron chi connectivity index (χ3n) is 1.96. The number of aliphatic carboxylic acids is 1. The second kappa shape index (κ2) is 3.63. The minimum atomic E-state index is -1.33. The number of carbonyl (C=O) groups excluding carboxylic acids is 1. The molecule has 0 aromatic rings. The maximum absolute atomic E-state index is 10.8. The molecule has 1 amide bonds. The Morgan fingerprint density at radius 1 is 1.50 bits per heavy atom. The third kappa shape index (κ3) is 2.00. The molecule has 1 aliphatic rings. The zero-order valence-electron chi connectivity index (χ0n) is 7.73. The van der Waals surface area contributed by atoms with Gasteiger partial charge >= 0.3 is 5.97 Å². The number of carboxylic acid groups (broad SMARTS) is 1. The maximum atomic E-state index is 10.8. The molecule has 0 aromatic carbocycles. The van der Waals surface area contributed by atoms with Gasteiger partial charge in [0.05, 0.1) is 0 Å². The molecule has 5 nitrogen and oxygen atoms in total. The minimum Gasteiger partial charge on any atom is -0.481 e. The van der Waals surface area contributed by atoms with Crippen molar-refractivity contribution in [3.8, 4) is 0 Å². The van der Waals surface area contributed by atoms with Crippen LogP contribution in [-0.4, -0.2) is 22.6 Å². The van der Waals surface area contributed by atoms with Crippen LogP contribution in [0.3, 0.4) is 0 Å². The van der Waals surface area contributed by atoms with Gasteiger partial charge in [-0.3, -0.25) is 9.59 Å². The fourth-order valence-electron chi connectivity index (χ4n) is 1.36. The molecule has 5 heteroatoms. The lowest BCUT2D eigenvalue weighted by atomic mass is 9.89. The molecule has 2 atom stereocenters. The Labute approximate surface area is 81.3 Å². The summed E-state index contributed by atoms with van der Waals surface area (Å²) in [6.45, 7) is 1.29. The molecule has 1 aliphatic carbocycles. The molecule has 0 aromatic heterocycles. The predicted molar refractivity (Wildman–Crippen MR) is 50.1 cm³/mol. The van der Waals surface area contributed by atoms with Crippen LogP contribution in [0, 0.1) is 5.92 Å². The SMILES string of the molecule is CC(=O)NC1(N)C=CC=CC1C(=O)O. The van der Waals surface area contributed by atoms with Gasteiger partial charge in [0.1, 0.15) is 11.6 Å². The molecular formula is C9H12N2O3. The first kappa shape index (κ1) is 10.5. The predicted octanol–water partition coefficient (Wildman–Crippen LogP) is -0.396. The summed E-state index contributed by atoms with van der Waals surface area (Å²) in [6, 6.07) is 0. The molecule has 0 saturated carbocycles. The highest BCUT2D eigenvalue weighted by Gasteiger charge is 2.38. The van der Waals surface area contributed by atoms with Crippen molar-refractivity contribution in [2.24, 2.45) is 11.7 Å². The van der Waals surface area contributed by atoms with E-state index in [9.17, 15) is 9.59 Å². The van der Waals surface area contributed by atoms with Gasteiger partial charge in [-0.05, 0) is 6.08 Å². The van der Waals surface area contributed by atoms with Gasteiger partial charge < -0.3 is 16.2 Å². The number of hydrogen-bond donors (Lipinski definition) is 3. The molecule has 0 bridgehead atoms. The highest BCUT2D eigenvalue weighted by molar-refractivity contribution is 5.79. The van der Waals surface area contributed by atoms with Crippen LogP contribution in [0.5, 0.6) is 0 Å². The lowest BCUT2D eigenvalue weighted by Crippen LogP contribution is -2.61. The largest absolute Gasteiger partial charge is 0.481 e. The fourth-order valence-corrected chi connectivity index (χ4v) is 1.36. The number of nitrogens with one attached hydrogen (secondary N) is 1. The highest BCUT2D eigenvalue weighted by atomic mass is 16.4. The molecule has 0 heterocycles. The molecule has 4 N–H and O–H groups in total. The van der Waals surface area contributed by atoms with Crippen LogP contribution >= 0.6 is 0 Å². The molecule has 76 valence electrons. The average Bonchev–Trinajstić information content (AvgIpc) is 2.01. The number of nitrogens with two attached hydrogens (primary N) is 1. The average molecular weight is 196 g/mol. The number of amides is 1. The highest BCUT2D eigenvalue weighted by Crippen LogP contribution is 2.19. The summed E-state index contributed by atoms with van der Waals surface area (Å²) in [5, 5.41) is 11.3. The van der Waals surface area contributed by atoms with Crippen molar-refractivity contribution in [1.82, 2.24) is 5.32 Å². The smallest absolute Gasteiger partial charge is 0.314 e. The van der Waals surface area contributed by atoms with Crippen LogP contribution in [0.25, 0.3) is 0 Å². The third-order valence-corrected chi connectivity index (χ3v) is 1.96. The zero-order chi connectivity index (χ0) is 10.8. The van der Waals surface area contributed by atoms with Crippen LogP contribution in [0.4, 0.5) is 0 Å². The van der Waals surface area contributed by atoms with E-state index in [4.69, 9.17) is 10.8 Å². The molecule has 0 saturated heterocycles. The normalized spacial score (nSPS) is 30.0. The van der Waals surface area contributed by atoms with Gasteiger partial charge in [-0.2, -0.15) is 0 Å². The molecule has 0 spiro atoms. The zero-order valence-corrected chi connectivity index (χ0v) is 7.73. The van der Waals surface area contributed by atoms with Gasteiger partial charge in [0.15, 0.2) is 0 Å². The van der Waals surface area contributed by atoms with Gasteiger partial charge in [-0.15, -0.1) is 0 Å². The first-order valence-electron chi connectivity index (χ1n) is 4.12. The van der Waals surface area contributed by atoms with Crippen molar-refractivity contribution in [3.63, 3.8) is 0 Å². The van der Waals surface area contributed by atoms with Gasteiger partial charge in [0.2, 0.25) is 5.91 Å². The molecule has 0 fully saturated rings. The lowest BCUT2D eigenvalue weighted by Gasteiger charge is -2.32. The monoisotopic (exact) mass is 196 g/mol. The molecular weight excluding hydrogens is 184 g/mol. The van der Waals surface area contributed by atoms with E-state index in [1.54, 1.807) is 12.2 Å². The number of hydrogen-bond acceptors (Lipinski definition) is 3. The van der Waals surface area contributed by atoms with E-state index in [-0.39, 0.29) is 5.91 Å². The Balaban J connectivity index is 2.93. The van der Waals surface area contributed by atoms with Crippen molar-refractivity contribution < 1.29 is 14.7 Å². The van der Waals surface area contributed by atoms with E-state index < -0.39 is 17.6 Å². The second-order valence-corrected chi connectivity index (χ2v) is 3.17. The number of rotatable bonds is 2. The van der Waals surface area contributed by atoms with Gasteiger partial charge in [0.25, 0.3) is 0 Å². The number of allylic oxidation sites excluding steroid dienone is 2. The van der Waals surface area contributed by atoms with Gasteiger partial charge in [-0.1, -0.05) is 18.2 Å². The van der Waals surface area contributed by atoms with Crippen LogP contribution < -0.4 is 11.1 Å². The van der Waals surface area contributed by atoms with Gasteiger partial charge in [-0.25, -0.2) is 0 Å². The Morgan fingerprint density at radius 3 is 2.64 bits per heavy atom. The Hall–Kier alpha value is -1.62. The summed E-state index contributed by atoms with van der Waals surface area (Å²) < 4.78 is 0. The summed E-state index contributed by atoms with van der Waals surface area (Å²) >= 11 is 0. The standard InChI is InChI=1S/C9H12N2O3/c1-6(12)11-9(10)5-3-2-4-7(9)8(13)14/h2-5,7H,10H2,1H3,(H,11,12)(H,13,14). The van der Waals surface area contributed by atoms with Crippen molar-refractivity contribution in [3.05, 3.63) is 24.3 Å². The van der Waals surface area contributed by atoms with Gasteiger partial charge in [0, 0.05) is 6.92 Å². The molecule has 0 radical (unpaired) electrons. The summed E-state index contributed by atoms with van der Waals surface area (Å²) in [5.74, 6) is -2.36. The Kier molecular flexibility index (Phi) is 2.71. The van der Waals surface area contributed by atoms with E-state index in [0.29, 0.717) is 0 Å². The van der Waals surface area contributed by atoms with Crippen molar-refractivity contribution >= 4 is 11.9 Å². The summed E-state index contributed by atoms with van der Waals surface area (Å²) in [6.07, 6.45) is 6.10. The first-order chi connectivity index (χ1) is 6.46. The number of carboxylic acids is 1. The molecule has 14 heavy (non-hydrogen) atoms. The topological polar surface area (TPSA) is 92.4 Å². The fraction of sp³-hybridized carbons (Fsp3) is 0.333. The van der Waals surface area contributed by atoms with E-state index in [0.717, 1.165) is 0 Å². The Morgan fingerprint density at radius 2 is 2.14 bits per heavy atom. The quantitative estimate of drug-likeness (QED) is 0.524. The van der Waals surface area contributed by atoms with E-state index >= 15 is 0 Å². The summed E-state index contributed by atoms with van der Waals surface area (Å²) in [5.41, 5.74) is 4.43. The van der Waals surface area contributed by atoms with E-state index in [2.05, 4.69) is 5.32 Å². The molecule has 2 unspecified atom stereocenters. The molecule has 0 aliphatic heterocycles. The summed E-state index contributed by atoms with van der Waals surface area (Å²) in [4.78, 5) is 21.7. The van der Waals surface area contributed by atoms with E-state index in [1.165, 1.54) is 19.1 Å². The first-order valence-corrected chi connectivity index (χ1v) is 4.12. The van der Waals surface area contributed by atoms with Crippen LogP contribution in [-0.2, 0) is 9.59 Å². The molecule has 1 rings (SSSR count). The summed E-state index contributed by atoms with van der Waals surface area (Å²) in [7, 11) is 0. The Bertz CT molecular complexity index is 322. The van der Waals surface area contributed by atoms with Crippen LogP contribution in [0.2, 0.25) is 0 Å². The van der Waals surface area contributed by atoms with Crippen LogP contribution in [0.1, 0.15) is 6.92 Å².